The molecule has 0 saturated carbocycles. The molecule has 7 nitrogen and oxygen atoms in total. The van der Waals surface area contributed by atoms with Gasteiger partial charge in [0.1, 0.15) is 4.21 Å². The van der Waals surface area contributed by atoms with E-state index in [0.29, 0.717) is 35.0 Å². The van der Waals surface area contributed by atoms with Crippen molar-refractivity contribution in [2.75, 3.05) is 19.6 Å². The van der Waals surface area contributed by atoms with Crippen LogP contribution in [-0.2, 0) is 10.0 Å². The molecule has 2 heterocycles. The van der Waals surface area contributed by atoms with Crippen molar-refractivity contribution in [2.24, 2.45) is 0 Å². The molecule has 24 heavy (non-hydrogen) atoms. The summed E-state index contributed by atoms with van der Waals surface area (Å²) in [6.07, 6.45) is 0. The molecule has 1 aromatic heterocycles. The third-order valence-corrected chi connectivity index (χ3v) is 7.53. The Morgan fingerprint density at radius 3 is 2.71 bits per heavy atom. The normalized spacial score (nSPS) is 19.3. The van der Waals surface area contributed by atoms with Crippen LogP contribution in [0.4, 0.5) is 5.00 Å². The zero-order valence-electron chi connectivity index (χ0n) is 12.4. The third kappa shape index (κ3) is 3.17. The molecule has 0 bridgehead atoms. The molecule has 1 fully saturated rings. The highest BCUT2D eigenvalue weighted by Crippen LogP contribution is 2.36. The van der Waals surface area contributed by atoms with Crippen LogP contribution in [0.15, 0.2) is 40.6 Å². The summed E-state index contributed by atoms with van der Waals surface area (Å²) in [4.78, 5) is 10.2. The van der Waals surface area contributed by atoms with Crippen molar-refractivity contribution >= 4 is 38.0 Å². The highest BCUT2D eigenvalue weighted by atomic mass is 35.5. The smallest absolute Gasteiger partial charge is 0.313 e. The first-order chi connectivity index (χ1) is 11.4. The average Bonchev–Trinajstić information content (AvgIpc) is 3.06. The number of piperazine rings is 1. The second kappa shape index (κ2) is 6.77. The second-order valence-corrected chi connectivity index (χ2v) is 8.79. The van der Waals surface area contributed by atoms with Gasteiger partial charge in [-0.3, -0.25) is 10.1 Å². The highest BCUT2D eigenvalue weighted by Gasteiger charge is 2.36. The van der Waals surface area contributed by atoms with Crippen LogP contribution in [0.3, 0.4) is 0 Å². The first-order valence-electron chi connectivity index (χ1n) is 7.12. The van der Waals surface area contributed by atoms with E-state index in [4.69, 9.17) is 11.6 Å². The van der Waals surface area contributed by atoms with E-state index in [-0.39, 0.29) is 15.8 Å². The van der Waals surface area contributed by atoms with Gasteiger partial charge in [0.15, 0.2) is 0 Å². The summed E-state index contributed by atoms with van der Waals surface area (Å²) < 4.78 is 27.2. The average molecular weight is 388 g/mol. The largest absolute Gasteiger partial charge is 0.325 e. The molecular weight excluding hydrogens is 374 g/mol. The molecule has 1 saturated heterocycles. The summed E-state index contributed by atoms with van der Waals surface area (Å²) in [6, 6.07) is 9.12. The van der Waals surface area contributed by atoms with E-state index in [1.54, 1.807) is 24.3 Å². The molecule has 10 heteroatoms. The number of nitrogens with zero attached hydrogens (tertiary/aromatic N) is 2. The van der Waals surface area contributed by atoms with Crippen molar-refractivity contribution in [3.05, 3.63) is 57.1 Å². The molecule has 0 aliphatic carbocycles. The number of hydrogen-bond donors (Lipinski definition) is 1. The first-order valence-corrected chi connectivity index (χ1v) is 9.76. The molecule has 3 rings (SSSR count). The zero-order valence-corrected chi connectivity index (χ0v) is 14.8. The maximum absolute atomic E-state index is 13.0. The summed E-state index contributed by atoms with van der Waals surface area (Å²) in [5.41, 5.74) is 0.709. The number of hydrogen-bond acceptors (Lipinski definition) is 6. The van der Waals surface area contributed by atoms with Gasteiger partial charge in [0, 0.05) is 30.7 Å². The Morgan fingerprint density at radius 1 is 1.29 bits per heavy atom. The maximum Gasteiger partial charge on any atom is 0.325 e. The molecule has 1 aromatic carbocycles. The van der Waals surface area contributed by atoms with Gasteiger partial charge in [-0.2, -0.15) is 4.31 Å². The Morgan fingerprint density at radius 2 is 2.04 bits per heavy atom. The molecule has 1 atom stereocenters. The standard InChI is InChI=1S/C14H14ClN3O4S2/c15-11-4-2-1-3-10(11)12-9-16-7-8-17(12)24(21,22)14-6-5-13(23-14)18(19)20/h1-6,12,16H,7-9H2. The zero-order chi connectivity index (χ0) is 17.3. The molecule has 1 aliphatic heterocycles. The molecule has 0 radical (unpaired) electrons. The van der Waals surface area contributed by atoms with Crippen LogP contribution in [0.25, 0.3) is 0 Å². The predicted molar refractivity (Wildman–Crippen MR) is 91.9 cm³/mol. The summed E-state index contributed by atoms with van der Waals surface area (Å²) in [5, 5.41) is 14.3. The van der Waals surface area contributed by atoms with Gasteiger partial charge in [-0.15, -0.1) is 0 Å². The van der Waals surface area contributed by atoms with Gasteiger partial charge in [-0.25, -0.2) is 8.42 Å². The predicted octanol–water partition coefficient (Wildman–Crippen LogP) is 2.64. The number of sulfonamides is 1. The van der Waals surface area contributed by atoms with Gasteiger partial charge in [-0.1, -0.05) is 29.8 Å². The van der Waals surface area contributed by atoms with Crippen molar-refractivity contribution in [1.82, 2.24) is 9.62 Å². The monoisotopic (exact) mass is 387 g/mol. The van der Waals surface area contributed by atoms with Crippen molar-refractivity contribution in [2.45, 2.75) is 10.3 Å². The Labute approximate surface area is 148 Å². The van der Waals surface area contributed by atoms with E-state index in [1.807, 2.05) is 0 Å². The van der Waals surface area contributed by atoms with Crippen molar-refractivity contribution in [3.8, 4) is 0 Å². The van der Waals surface area contributed by atoms with Gasteiger partial charge >= 0.3 is 5.00 Å². The fourth-order valence-electron chi connectivity index (χ4n) is 2.65. The molecule has 2 aromatic rings. The van der Waals surface area contributed by atoms with Crippen molar-refractivity contribution in [1.29, 1.82) is 0 Å². The second-order valence-electron chi connectivity index (χ2n) is 5.21. The molecule has 128 valence electrons. The van der Waals surface area contributed by atoms with Crippen molar-refractivity contribution < 1.29 is 13.3 Å². The minimum Gasteiger partial charge on any atom is -0.313 e. The van der Waals surface area contributed by atoms with Crippen LogP contribution >= 0.6 is 22.9 Å². The number of nitro groups is 1. The van der Waals surface area contributed by atoms with Gasteiger partial charge in [0.05, 0.1) is 11.0 Å². The van der Waals surface area contributed by atoms with Crippen LogP contribution in [0.1, 0.15) is 11.6 Å². The molecule has 1 N–H and O–H groups in total. The quantitative estimate of drug-likeness (QED) is 0.643. The van der Waals surface area contributed by atoms with Crippen molar-refractivity contribution in [3.63, 3.8) is 0 Å². The fourth-order valence-corrected chi connectivity index (χ4v) is 5.75. The highest BCUT2D eigenvalue weighted by molar-refractivity contribution is 7.91. The Hall–Kier alpha value is -1.52. The lowest BCUT2D eigenvalue weighted by molar-refractivity contribution is -0.380. The minimum atomic E-state index is -3.84. The molecule has 0 spiro atoms. The lowest BCUT2D eigenvalue weighted by Crippen LogP contribution is -2.48. The summed E-state index contributed by atoms with van der Waals surface area (Å²) in [5.74, 6) is 0. The Bertz CT molecular complexity index is 868. The third-order valence-electron chi connectivity index (χ3n) is 3.77. The number of rotatable bonds is 4. The van der Waals surface area contributed by atoms with E-state index in [9.17, 15) is 18.5 Å². The number of benzene rings is 1. The topological polar surface area (TPSA) is 92.5 Å². The summed E-state index contributed by atoms with van der Waals surface area (Å²) in [7, 11) is -3.84. The molecular formula is C14H14ClN3O4S2. The van der Waals surface area contributed by atoms with Gasteiger partial charge < -0.3 is 5.32 Å². The van der Waals surface area contributed by atoms with Crippen LogP contribution in [0.2, 0.25) is 5.02 Å². The maximum atomic E-state index is 13.0. The minimum absolute atomic E-state index is 0.0341. The Kier molecular flexibility index (Phi) is 4.88. The Balaban J connectivity index is 2.00. The van der Waals surface area contributed by atoms with Crippen LogP contribution < -0.4 is 5.32 Å². The number of halogens is 1. The van der Waals surface area contributed by atoms with E-state index < -0.39 is 21.0 Å². The summed E-state index contributed by atoms with van der Waals surface area (Å²) in [6.45, 7) is 1.20. The van der Waals surface area contributed by atoms with Gasteiger partial charge in [0.25, 0.3) is 10.0 Å². The fraction of sp³-hybridized carbons (Fsp3) is 0.286. The molecule has 1 unspecified atom stereocenters. The van der Waals surface area contributed by atoms with E-state index in [0.717, 1.165) is 0 Å². The molecule has 0 amide bonds. The number of nitrogens with one attached hydrogen (secondary N) is 1. The van der Waals surface area contributed by atoms with E-state index >= 15 is 0 Å². The van der Waals surface area contributed by atoms with E-state index in [2.05, 4.69) is 5.32 Å². The number of thiophene rings is 1. The lowest BCUT2D eigenvalue weighted by atomic mass is 10.1. The van der Waals surface area contributed by atoms with Crippen LogP contribution in [-0.4, -0.2) is 37.3 Å². The lowest BCUT2D eigenvalue weighted by Gasteiger charge is -2.35. The van der Waals surface area contributed by atoms with Gasteiger partial charge in [0.2, 0.25) is 0 Å². The van der Waals surface area contributed by atoms with E-state index in [1.165, 1.54) is 16.4 Å². The first kappa shape index (κ1) is 17.3. The molecule has 1 aliphatic rings. The summed E-state index contributed by atoms with van der Waals surface area (Å²) >= 11 is 6.89. The van der Waals surface area contributed by atoms with Gasteiger partial charge in [-0.05, 0) is 29.0 Å². The SMILES string of the molecule is O=[N+]([O-])c1ccc(S(=O)(=O)N2CCNCC2c2ccccc2Cl)s1. The van der Waals surface area contributed by atoms with Crippen LogP contribution in [0, 0.1) is 10.1 Å². The van der Waals surface area contributed by atoms with Crippen LogP contribution in [0.5, 0.6) is 0 Å².